The first kappa shape index (κ1) is 23.5. The van der Waals surface area contributed by atoms with Crippen molar-refractivity contribution in [1.82, 2.24) is 4.98 Å². The largest absolute Gasteiger partial charge is 0.493 e. The molecule has 0 spiro atoms. The number of methoxy groups -OCH3 is 1. The molecule has 0 amide bonds. The molecule has 0 radical (unpaired) electrons. The van der Waals surface area contributed by atoms with E-state index in [1.165, 1.54) is 13.3 Å². The third kappa shape index (κ3) is 5.28. The van der Waals surface area contributed by atoms with E-state index < -0.39 is 17.6 Å². The molecular weight excluding hydrogens is 428 g/mol. The van der Waals surface area contributed by atoms with E-state index in [2.05, 4.69) is 4.98 Å². The van der Waals surface area contributed by atoms with Crippen molar-refractivity contribution in [3.8, 4) is 11.6 Å². The van der Waals surface area contributed by atoms with Crippen molar-refractivity contribution in [2.75, 3.05) is 13.7 Å². The summed E-state index contributed by atoms with van der Waals surface area (Å²) >= 11 is 0. The van der Waals surface area contributed by atoms with Crippen molar-refractivity contribution >= 4 is 5.97 Å². The minimum Gasteiger partial charge on any atom is -0.493 e. The van der Waals surface area contributed by atoms with Crippen LogP contribution in [0.25, 0.3) is 0 Å². The average molecular weight is 460 g/mol. The Bertz CT molecular complexity index is 984. The number of ether oxygens (including phenoxy) is 2. The van der Waals surface area contributed by atoms with Crippen LogP contribution in [0.5, 0.6) is 11.6 Å². The fraction of sp³-hybridized carbons (Fsp3) is 0.538. The van der Waals surface area contributed by atoms with Gasteiger partial charge in [0.1, 0.15) is 11.6 Å². The number of hydrogen-bond acceptors (Lipinski definition) is 4. The molecule has 2 unspecified atom stereocenters. The first-order valence-electron chi connectivity index (χ1n) is 11.6. The molecule has 4 rings (SSSR count). The number of aromatic nitrogens is 1. The minimum absolute atomic E-state index is 0.0498. The summed E-state index contributed by atoms with van der Waals surface area (Å²) in [6, 6.07) is 8.89. The quantitative estimate of drug-likeness (QED) is 0.507. The second-order valence-electron chi connectivity index (χ2n) is 9.55. The van der Waals surface area contributed by atoms with Crippen molar-refractivity contribution in [2.45, 2.75) is 63.0 Å². The Kier molecular flexibility index (Phi) is 6.86. The van der Waals surface area contributed by atoms with Gasteiger partial charge in [0.25, 0.3) is 0 Å². The van der Waals surface area contributed by atoms with Gasteiger partial charge in [-0.1, -0.05) is 12.1 Å². The Hall–Kier alpha value is -2.70. The van der Waals surface area contributed by atoms with Gasteiger partial charge in [-0.3, -0.25) is 0 Å². The van der Waals surface area contributed by atoms with Gasteiger partial charge in [0.15, 0.2) is 0 Å². The van der Waals surface area contributed by atoms with Crippen LogP contribution >= 0.6 is 0 Å². The van der Waals surface area contributed by atoms with Gasteiger partial charge in [-0.25, -0.2) is 18.6 Å². The zero-order valence-corrected chi connectivity index (χ0v) is 19.1. The van der Waals surface area contributed by atoms with Crippen molar-refractivity contribution in [1.29, 1.82) is 0 Å². The molecule has 0 bridgehead atoms. The maximum atomic E-state index is 15.0. The molecule has 1 N–H and O–H groups in total. The topological polar surface area (TPSA) is 68.7 Å². The lowest BCUT2D eigenvalue weighted by Gasteiger charge is -2.29. The minimum atomic E-state index is -2.32. The second-order valence-corrected chi connectivity index (χ2v) is 9.55. The number of carboxylic acid groups (broad SMARTS) is 1. The van der Waals surface area contributed by atoms with Crippen LogP contribution in [0, 0.1) is 17.7 Å². The molecule has 5 nitrogen and oxygen atoms in total. The summed E-state index contributed by atoms with van der Waals surface area (Å²) in [6.45, 7) is 1.68. The number of rotatable bonds is 9. The smallest absolute Gasteiger partial charge is 0.341 e. The lowest BCUT2D eigenvalue weighted by Crippen LogP contribution is -2.38. The number of alkyl halides is 1. The number of hydrogen-bond donors (Lipinski definition) is 1. The molecule has 1 aromatic heterocycles. The molecule has 33 heavy (non-hydrogen) atoms. The van der Waals surface area contributed by atoms with Gasteiger partial charge < -0.3 is 14.6 Å². The number of halogens is 2. The highest BCUT2D eigenvalue weighted by atomic mass is 19.1. The molecule has 0 aliphatic heterocycles. The lowest BCUT2D eigenvalue weighted by molar-refractivity contribution is -0.151. The predicted molar refractivity (Wildman–Crippen MR) is 120 cm³/mol. The molecular formula is C26H31F2NO4. The van der Waals surface area contributed by atoms with Crippen LogP contribution in [0.2, 0.25) is 0 Å². The summed E-state index contributed by atoms with van der Waals surface area (Å²) in [4.78, 5) is 15.4. The van der Waals surface area contributed by atoms with Crippen LogP contribution in [0.3, 0.4) is 0 Å². The molecule has 2 saturated carbocycles. The van der Waals surface area contributed by atoms with E-state index in [0.29, 0.717) is 35.3 Å². The van der Waals surface area contributed by atoms with Crippen LogP contribution in [-0.4, -0.2) is 35.4 Å². The Labute approximate surface area is 193 Å². The molecule has 1 heterocycles. The van der Waals surface area contributed by atoms with Gasteiger partial charge in [0.2, 0.25) is 11.5 Å². The third-order valence-electron chi connectivity index (χ3n) is 7.15. The van der Waals surface area contributed by atoms with E-state index in [0.717, 1.165) is 45.4 Å². The summed E-state index contributed by atoms with van der Waals surface area (Å²) in [7, 11) is 1.52. The summed E-state index contributed by atoms with van der Waals surface area (Å²) in [5.41, 5.74) is -0.982. The van der Waals surface area contributed by atoms with Crippen LogP contribution < -0.4 is 9.47 Å². The molecule has 178 valence electrons. The number of carboxylic acids is 1. The molecule has 7 heteroatoms. The fourth-order valence-electron chi connectivity index (χ4n) is 5.10. The normalized spacial score (nSPS) is 23.4. The molecule has 2 aliphatic rings. The van der Waals surface area contributed by atoms with Crippen LogP contribution in [0.15, 0.2) is 36.5 Å². The number of benzene rings is 1. The predicted octanol–water partition coefficient (Wildman–Crippen LogP) is 5.89. The number of pyridine rings is 1. The highest BCUT2D eigenvalue weighted by molar-refractivity contribution is 5.78. The maximum absolute atomic E-state index is 15.0. The van der Waals surface area contributed by atoms with E-state index in [9.17, 15) is 14.3 Å². The summed E-state index contributed by atoms with van der Waals surface area (Å²) < 4.78 is 40.5. The first-order valence-corrected chi connectivity index (χ1v) is 11.6. The highest BCUT2D eigenvalue weighted by Crippen LogP contribution is 2.50. The summed E-state index contributed by atoms with van der Waals surface area (Å²) in [6.07, 6.45) is 6.46. The SMILES string of the molecule is COc1cc(C2CCC(COc3cccc(C(C4CC4)C(C)(F)C(=O)O)c3)CC2)c(F)cn1. The van der Waals surface area contributed by atoms with Gasteiger partial charge in [0, 0.05) is 12.0 Å². The standard InChI is InChI=1S/C26H31F2NO4/c1-26(28,25(30)31)24(18-10-11-18)19-4-3-5-20(12-19)33-15-16-6-8-17(9-7-16)21-13-23(32-2)29-14-22(21)27/h3-5,12-14,16-18,24H,6-11,15H2,1-2H3,(H,30,31). The van der Waals surface area contributed by atoms with Crippen molar-refractivity contribution in [3.63, 3.8) is 0 Å². The fourth-order valence-corrected chi connectivity index (χ4v) is 5.10. The Morgan fingerprint density at radius 2 is 1.94 bits per heavy atom. The van der Waals surface area contributed by atoms with Crippen molar-refractivity contribution < 1.29 is 28.2 Å². The van der Waals surface area contributed by atoms with Gasteiger partial charge in [-0.15, -0.1) is 0 Å². The number of nitrogens with zero attached hydrogens (tertiary/aromatic N) is 1. The zero-order chi connectivity index (χ0) is 23.6. The number of carbonyl (C=O) groups is 1. The first-order chi connectivity index (χ1) is 15.8. The third-order valence-corrected chi connectivity index (χ3v) is 7.15. The molecule has 0 saturated heterocycles. The summed E-state index contributed by atoms with van der Waals surface area (Å²) in [5, 5.41) is 9.40. The monoisotopic (exact) mass is 459 g/mol. The van der Waals surface area contributed by atoms with Crippen LogP contribution in [0.4, 0.5) is 8.78 Å². The summed E-state index contributed by atoms with van der Waals surface area (Å²) in [5.74, 6) is -0.806. The van der Waals surface area contributed by atoms with E-state index in [-0.39, 0.29) is 17.7 Å². The Balaban J connectivity index is 1.36. The maximum Gasteiger partial charge on any atom is 0.341 e. The van der Waals surface area contributed by atoms with Gasteiger partial charge in [-0.05, 0) is 86.5 Å². The Morgan fingerprint density at radius 3 is 2.58 bits per heavy atom. The molecule has 2 aliphatic carbocycles. The molecule has 2 atom stereocenters. The van der Waals surface area contributed by atoms with Gasteiger partial charge >= 0.3 is 5.97 Å². The molecule has 2 aromatic rings. The van der Waals surface area contributed by atoms with Crippen LogP contribution in [0.1, 0.15) is 68.4 Å². The second kappa shape index (κ2) is 9.65. The Morgan fingerprint density at radius 1 is 1.21 bits per heavy atom. The van der Waals surface area contributed by atoms with E-state index >= 15 is 4.39 Å². The molecule has 1 aromatic carbocycles. The van der Waals surface area contributed by atoms with Crippen molar-refractivity contribution in [2.24, 2.45) is 11.8 Å². The van der Waals surface area contributed by atoms with E-state index in [1.54, 1.807) is 24.3 Å². The number of aliphatic carboxylic acids is 1. The lowest BCUT2D eigenvalue weighted by atomic mass is 9.79. The zero-order valence-electron chi connectivity index (χ0n) is 19.1. The molecule has 2 fully saturated rings. The van der Waals surface area contributed by atoms with Gasteiger partial charge in [0.05, 0.1) is 19.9 Å². The van der Waals surface area contributed by atoms with Gasteiger partial charge in [-0.2, -0.15) is 0 Å². The van der Waals surface area contributed by atoms with E-state index in [4.69, 9.17) is 9.47 Å². The van der Waals surface area contributed by atoms with Crippen LogP contribution in [-0.2, 0) is 4.79 Å². The highest BCUT2D eigenvalue weighted by Gasteiger charge is 2.50. The average Bonchev–Trinajstić information content (AvgIpc) is 3.63. The van der Waals surface area contributed by atoms with Crippen molar-refractivity contribution in [3.05, 3.63) is 53.5 Å². The van der Waals surface area contributed by atoms with E-state index in [1.807, 2.05) is 6.07 Å².